The minimum atomic E-state index is -4.02. The van der Waals surface area contributed by atoms with Gasteiger partial charge in [-0.05, 0) is 61.5 Å². The number of anilines is 5. The lowest BCUT2D eigenvalue weighted by Crippen LogP contribution is -2.50. The van der Waals surface area contributed by atoms with Crippen molar-refractivity contribution in [2.75, 3.05) is 15.5 Å². The van der Waals surface area contributed by atoms with Gasteiger partial charge in [0.05, 0.1) is 22.8 Å². The first-order chi connectivity index (χ1) is 18.5. The molecule has 0 spiro atoms. The normalized spacial score (nSPS) is 14.4. The van der Waals surface area contributed by atoms with Crippen molar-refractivity contribution in [3.05, 3.63) is 84.3 Å². The summed E-state index contributed by atoms with van der Waals surface area (Å²) in [4.78, 5) is 26.3. The van der Waals surface area contributed by atoms with Crippen LogP contribution in [0.2, 0.25) is 0 Å². The van der Waals surface area contributed by atoms with Gasteiger partial charge in [0.25, 0.3) is 0 Å². The van der Waals surface area contributed by atoms with E-state index >= 15 is 0 Å². The molecule has 2 aromatic heterocycles. The number of hydrogen-bond acceptors (Lipinski definition) is 9. The summed E-state index contributed by atoms with van der Waals surface area (Å²) < 4.78 is 56.3. The van der Waals surface area contributed by atoms with Gasteiger partial charge in [0.2, 0.25) is 16.0 Å². The molecule has 200 valence electrons. The lowest BCUT2D eigenvalue weighted by atomic mass is 10.1. The topological polar surface area (TPSA) is 152 Å². The van der Waals surface area contributed by atoms with Gasteiger partial charge in [-0.2, -0.15) is 13.8 Å². The molecule has 0 fully saturated rings. The second-order valence-corrected chi connectivity index (χ2v) is 10.1. The third-order valence-corrected chi connectivity index (χ3v) is 6.63. The monoisotopic (exact) mass is 553 g/mol. The zero-order chi connectivity index (χ0) is 27.8. The number of primary sulfonamides is 1. The van der Waals surface area contributed by atoms with Crippen LogP contribution in [0, 0.1) is 6.92 Å². The maximum atomic E-state index is 14.3. The Morgan fingerprint density at radius 2 is 1.77 bits per heavy atom. The standard InChI is InChI=1S/C25H21F2N7O4S/c1-15-13-30-24(32-16-5-8-19(9-6-16)39(28,36)37)33-22(15)31-17-7-10-21-20(12-17)34(23(35)25(26,27)38-21)14-18-4-2-3-11-29-18/h2-13H,14H2,1H3,(H2,28,36,37)(H2,30,31,32,33). The number of sulfonamides is 1. The highest BCUT2D eigenvalue weighted by Crippen LogP contribution is 2.42. The van der Waals surface area contributed by atoms with Crippen molar-refractivity contribution >= 4 is 44.8 Å². The molecule has 2 aromatic carbocycles. The third-order valence-electron chi connectivity index (χ3n) is 5.70. The summed E-state index contributed by atoms with van der Waals surface area (Å²) in [5.41, 5.74) is 2.21. The summed E-state index contributed by atoms with van der Waals surface area (Å²) >= 11 is 0. The second kappa shape index (κ2) is 9.89. The molecular formula is C25H21F2N7O4S. The van der Waals surface area contributed by atoms with Crippen molar-refractivity contribution < 1.29 is 26.7 Å². The number of aromatic nitrogens is 3. The molecular weight excluding hydrogens is 532 g/mol. The maximum absolute atomic E-state index is 14.3. The van der Waals surface area contributed by atoms with Gasteiger partial charge in [-0.3, -0.25) is 14.7 Å². The lowest BCUT2D eigenvalue weighted by Gasteiger charge is -2.33. The number of carbonyl (C=O) groups is 1. The average molecular weight is 554 g/mol. The number of nitrogens with zero attached hydrogens (tertiary/aromatic N) is 4. The van der Waals surface area contributed by atoms with Crippen LogP contribution in [0.4, 0.5) is 37.6 Å². The van der Waals surface area contributed by atoms with Crippen LogP contribution >= 0.6 is 0 Å². The predicted molar refractivity (Wildman–Crippen MR) is 139 cm³/mol. The van der Waals surface area contributed by atoms with Gasteiger partial charge in [0.1, 0.15) is 5.82 Å². The number of nitrogens with one attached hydrogen (secondary N) is 2. The lowest BCUT2D eigenvalue weighted by molar-refractivity contribution is -0.193. The molecule has 4 aromatic rings. The van der Waals surface area contributed by atoms with Gasteiger partial charge in [0.15, 0.2) is 5.75 Å². The molecule has 0 bridgehead atoms. The van der Waals surface area contributed by atoms with Crippen molar-refractivity contribution in [2.24, 2.45) is 5.14 Å². The van der Waals surface area contributed by atoms with Gasteiger partial charge in [-0.15, -0.1) is 0 Å². The molecule has 0 aliphatic carbocycles. The quantitative estimate of drug-likeness (QED) is 0.310. The van der Waals surface area contributed by atoms with Crippen LogP contribution in [0.3, 0.4) is 0 Å². The van der Waals surface area contributed by atoms with Gasteiger partial charge in [-0.25, -0.2) is 18.5 Å². The number of halogens is 2. The first-order valence-electron chi connectivity index (χ1n) is 11.4. The Morgan fingerprint density at radius 1 is 1.03 bits per heavy atom. The predicted octanol–water partition coefficient (Wildman–Crippen LogP) is 3.83. The van der Waals surface area contributed by atoms with E-state index in [1.54, 1.807) is 31.3 Å². The highest BCUT2D eigenvalue weighted by Gasteiger charge is 2.50. The van der Waals surface area contributed by atoms with Gasteiger partial charge < -0.3 is 15.4 Å². The number of benzene rings is 2. The van der Waals surface area contributed by atoms with Crippen LogP contribution in [-0.2, 0) is 21.4 Å². The van der Waals surface area contributed by atoms with Crippen molar-refractivity contribution in [2.45, 2.75) is 24.5 Å². The van der Waals surface area contributed by atoms with Gasteiger partial charge >= 0.3 is 12.0 Å². The fourth-order valence-electron chi connectivity index (χ4n) is 3.77. The van der Waals surface area contributed by atoms with Crippen LogP contribution in [0.25, 0.3) is 0 Å². The van der Waals surface area contributed by atoms with Crippen LogP contribution in [-0.4, -0.2) is 35.4 Å². The number of nitrogens with two attached hydrogens (primary N) is 1. The first kappa shape index (κ1) is 25.9. The Bertz CT molecular complexity index is 1650. The fourth-order valence-corrected chi connectivity index (χ4v) is 4.29. The van der Waals surface area contributed by atoms with E-state index in [-0.39, 0.29) is 28.8 Å². The van der Waals surface area contributed by atoms with Crippen LogP contribution < -0.4 is 25.4 Å². The summed E-state index contributed by atoms with van der Waals surface area (Å²) in [6.45, 7) is 1.59. The first-order valence-corrected chi connectivity index (χ1v) is 13.0. The minimum Gasteiger partial charge on any atom is -0.423 e. The zero-order valence-electron chi connectivity index (χ0n) is 20.3. The summed E-state index contributed by atoms with van der Waals surface area (Å²) in [7, 11) is -3.83. The number of aryl methyl sites for hydroxylation is 1. The number of carbonyl (C=O) groups excluding carboxylic acids is 1. The van der Waals surface area contributed by atoms with Gasteiger partial charge in [0, 0.05) is 29.3 Å². The molecule has 11 nitrogen and oxygen atoms in total. The van der Waals surface area contributed by atoms with Crippen molar-refractivity contribution in [1.29, 1.82) is 0 Å². The van der Waals surface area contributed by atoms with Gasteiger partial charge in [-0.1, -0.05) is 6.07 Å². The van der Waals surface area contributed by atoms with E-state index in [1.165, 1.54) is 48.7 Å². The van der Waals surface area contributed by atoms with Crippen LogP contribution in [0.5, 0.6) is 5.75 Å². The van der Waals surface area contributed by atoms with Crippen molar-refractivity contribution in [3.63, 3.8) is 0 Å². The van der Waals surface area contributed by atoms with E-state index in [4.69, 9.17) is 5.14 Å². The number of hydrogen-bond donors (Lipinski definition) is 3. The maximum Gasteiger partial charge on any atom is 0.482 e. The number of alkyl halides is 2. The van der Waals surface area contributed by atoms with E-state index < -0.39 is 22.0 Å². The molecule has 1 aliphatic rings. The minimum absolute atomic E-state index is 0.0371. The molecule has 5 rings (SSSR count). The Balaban J connectivity index is 1.41. The molecule has 14 heteroatoms. The van der Waals surface area contributed by atoms with E-state index in [1.807, 2.05) is 0 Å². The highest BCUT2D eigenvalue weighted by molar-refractivity contribution is 7.89. The smallest absolute Gasteiger partial charge is 0.423 e. The number of fused-ring (bicyclic) bond motifs is 1. The average Bonchev–Trinajstić information content (AvgIpc) is 2.89. The fraction of sp³-hybridized carbons (Fsp3) is 0.120. The van der Waals surface area contributed by atoms with E-state index in [0.29, 0.717) is 28.5 Å². The molecule has 0 radical (unpaired) electrons. The third kappa shape index (κ3) is 5.61. The van der Waals surface area contributed by atoms with E-state index in [0.717, 1.165) is 4.90 Å². The second-order valence-electron chi connectivity index (χ2n) is 8.56. The van der Waals surface area contributed by atoms with E-state index in [9.17, 15) is 22.0 Å². The molecule has 0 saturated carbocycles. The molecule has 3 heterocycles. The largest absolute Gasteiger partial charge is 0.482 e. The summed E-state index contributed by atoms with van der Waals surface area (Å²) in [5, 5.41) is 11.2. The Labute approximate surface area is 221 Å². The molecule has 39 heavy (non-hydrogen) atoms. The number of ether oxygens (including phenoxy) is 1. The highest BCUT2D eigenvalue weighted by atomic mass is 32.2. The van der Waals surface area contributed by atoms with Crippen LogP contribution in [0.15, 0.2) is 78.0 Å². The Hall–Kier alpha value is -4.69. The molecule has 0 saturated heterocycles. The number of pyridine rings is 1. The molecule has 1 amide bonds. The van der Waals surface area contributed by atoms with Crippen molar-refractivity contribution in [3.8, 4) is 5.75 Å². The summed E-state index contributed by atoms with van der Waals surface area (Å²) in [6, 6.07) is 15.1. The molecule has 4 N–H and O–H groups in total. The molecule has 1 aliphatic heterocycles. The summed E-state index contributed by atoms with van der Waals surface area (Å²) in [6.07, 6.45) is -0.947. The number of rotatable bonds is 7. The molecule has 0 unspecified atom stereocenters. The van der Waals surface area contributed by atoms with Crippen LogP contribution in [0.1, 0.15) is 11.3 Å². The number of amides is 1. The Morgan fingerprint density at radius 3 is 2.46 bits per heavy atom. The SMILES string of the molecule is Cc1cnc(Nc2ccc(S(N)(=O)=O)cc2)nc1Nc1ccc2c(c1)N(Cc1ccccn1)C(=O)C(F)(F)O2. The van der Waals surface area contributed by atoms with E-state index in [2.05, 4.69) is 30.3 Å². The summed E-state index contributed by atoms with van der Waals surface area (Å²) in [5.74, 6) is -1.06. The van der Waals surface area contributed by atoms with Crippen molar-refractivity contribution in [1.82, 2.24) is 15.0 Å². The zero-order valence-corrected chi connectivity index (χ0v) is 21.1. The Kier molecular flexibility index (Phi) is 6.57. The molecule has 0 atom stereocenters.